The summed E-state index contributed by atoms with van der Waals surface area (Å²) in [6, 6.07) is 6.95. The van der Waals surface area contributed by atoms with Crippen molar-refractivity contribution in [2.45, 2.75) is 19.9 Å². The number of aryl methyl sites for hydroxylation is 1. The minimum Gasteiger partial charge on any atom is -0.464 e. The lowest BCUT2D eigenvalue weighted by Crippen LogP contribution is -2.29. The van der Waals surface area contributed by atoms with Crippen molar-refractivity contribution in [1.82, 2.24) is 9.47 Å². The fourth-order valence-corrected chi connectivity index (χ4v) is 3.76. The molecule has 1 aliphatic rings. The topological polar surface area (TPSA) is 108 Å². The number of para-hydroxylation sites is 2. The standard InChI is InChI=1S/C19H20N2O7S/c1-2-26-18(24)11-16-21(15(22)12-29-16)9-10-27-17(23)7-8-20-13-5-3-4-6-14(13)28-19(20)25/h3-6,11H,2,7-10,12H2,1H3. The lowest BCUT2D eigenvalue weighted by molar-refractivity contribution is -0.145. The first-order chi connectivity index (χ1) is 14.0. The Bertz CT molecular complexity index is 1010. The number of aromatic nitrogens is 1. The second-order valence-electron chi connectivity index (χ2n) is 6.03. The summed E-state index contributed by atoms with van der Waals surface area (Å²) < 4.78 is 16.5. The molecule has 9 nitrogen and oxygen atoms in total. The van der Waals surface area contributed by atoms with Gasteiger partial charge in [0.15, 0.2) is 5.58 Å². The number of hydrogen-bond donors (Lipinski definition) is 0. The van der Waals surface area contributed by atoms with Crippen LogP contribution in [0.1, 0.15) is 13.3 Å². The van der Waals surface area contributed by atoms with E-state index in [4.69, 9.17) is 13.9 Å². The second kappa shape index (κ2) is 9.46. The Morgan fingerprint density at radius 1 is 1.21 bits per heavy atom. The Labute approximate surface area is 170 Å². The first-order valence-electron chi connectivity index (χ1n) is 9.05. The molecule has 2 heterocycles. The normalized spacial score (nSPS) is 15.3. The van der Waals surface area contributed by atoms with Crippen molar-refractivity contribution in [2.24, 2.45) is 0 Å². The number of amides is 1. The Hall–Kier alpha value is -3.01. The fraction of sp³-hybridized carbons (Fsp3) is 0.368. The van der Waals surface area contributed by atoms with E-state index in [0.717, 1.165) is 0 Å². The number of rotatable bonds is 8. The number of benzene rings is 1. The van der Waals surface area contributed by atoms with Crippen LogP contribution in [0.4, 0.5) is 0 Å². The van der Waals surface area contributed by atoms with Crippen molar-refractivity contribution >= 4 is 40.7 Å². The Balaban J connectivity index is 1.50. The molecule has 2 aromatic rings. The number of oxazole rings is 1. The van der Waals surface area contributed by atoms with Gasteiger partial charge in [-0.1, -0.05) is 23.9 Å². The van der Waals surface area contributed by atoms with Gasteiger partial charge in [-0.3, -0.25) is 14.2 Å². The minimum absolute atomic E-state index is 0.0162. The fourth-order valence-electron chi connectivity index (χ4n) is 2.81. The molecular weight excluding hydrogens is 400 g/mol. The van der Waals surface area contributed by atoms with E-state index in [1.165, 1.54) is 27.3 Å². The SMILES string of the molecule is CCOC(=O)C=C1SCC(=O)N1CCOC(=O)CCn1c(=O)oc2ccccc21. The third kappa shape index (κ3) is 5.08. The quantitative estimate of drug-likeness (QED) is 0.467. The van der Waals surface area contributed by atoms with Crippen molar-refractivity contribution in [3.63, 3.8) is 0 Å². The highest BCUT2D eigenvalue weighted by atomic mass is 32.2. The highest BCUT2D eigenvalue weighted by Crippen LogP contribution is 2.28. The van der Waals surface area contributed by atoms with Gasteiger partial charge < -0.3 is 18.8 Å². The number of esters is 2. The smallest absolute Gasteiger partial charge is 0.419 e. The average molecular weight is 420 g/mol. The molecule has 0 spiro atoms. The third-order valence-electron chi connectivity index (χ3n) is 4.13. The molecule has 0 radical (unpaired) electrons. The molecule has 1 aromatic carbocycles. The van der Waals surface area contributed by atoms with Crippen LogP contribution >= 0.6 is 11.8 Å². The monoisotopic (exact) mass is 420 g/mol. The highest BCUT2D eigenvalue weighted by molar-refractivity contribution is 8.04. The van der Waals surface area contributed by atoms with E-state index in [9.17, 15) is 19.2 Å². The summed E-state index contributed by atoms with van der Waals surface area (Å²) in [5.41, 5.74) is 1.07. The van der Waals surface area contributed by atoms with Crippen LogP contribution in [0, 0.1) is 0 Å². The number of hydrogen-bond acceptors (Lipinski definition) is 8. The van der Waals surface area contributed by atoms with E-state index in [1.807, 2.05) is 0 Å². The Morgan fingerprint density at radius 3 is 2.79 bits per heavy atom. The van der Waals surface area contributed by atoms with Crippen LogP contribution in [0.2, 0.25) is 0 Å². The molecular formula is C19H20N2O7S. The maximum absolute atomic E-state index is 12.0. The van der Waals surface area contributed by atoms with Gasteiger partial charge in [0.05, 0.1) is 41.9 Å². The van der Waals surface area contributed by atoms with Crippen molar-refractivity contribution in [3.8, 4) is 0 Å². The number of carbonyl (C=O) groups excluding carboxylic acids is 3. The van der Waals surface area contributed by atoms with Gasteiger partial charge in [0.25, 0.3) is 0 Å². The number of ether oxygens (including phenoxy) is 2. The molecule has 3 rings (SSSR count). The summed E-state index contributed by atoms with van der Waals surface area (Å²) >= 11 is 1.23. The van der Waals surface area contributed by atoms with Crippen molar-refractivity contribution < 1.29 is 28.3 Å². The zero-order valence-electron chi connectivity index (χ0n) is 15.8. The van der Waals surface area contributed by atoms with Crippen molar-refractivity contribution in [3.05, 3.63) is 45.9 Å². The van der Waals surface area contributed by atoms with Crippen molar-refractivity contribution in [2.75, 3.05) is 25.5 Å². The van der Waals surface area contributed by atoms with Gasteiger partial charge in [-0.05, 0) is 19.1 Å². The number of fused-ring (bicyclic) bond motifs is 1. The summed E-state index contributed by atoms with van der Waals surface area (Å²) in [5, 5.41) is 0.473. The highest BCUT2D eigenvalue weighted by Gasteiger charge is 2.27. The Morgan fingerprint density at radius 2 is 2.00 bits per heavy atom. The average Bonchev–Trinajstić information content (AvgIpc) is 3.19. The number of thioether (sulfide) groups is 1. The van der Waals surface area contributed by atoms with Crippen LogP contribution in [0.25, 0.3) is 11.1 Å². The molecule has 1 amide bonds. The molecule has 0 N–H and O–H groups in total. The predicted molar refractivity (Wildman–Crippen MR) is 105 cm³/mol. The Kier molecular flexibility index (Phi) is 6.76. The largest absolute Gasteiger partial charge is 0.464 e. The maximum Gasteiger partial charge on any atom is 0.419 e. The molecule has 0 saturated carbocycles. The molecule has 0 aliphatic carbocycles. The van der Waals surface area contributed by atoms with Crippen LogP contribution in [0.15, 0.2) is 44.6 Å². The molecule has 0 bridgehead atoms. The minimum atomic E-state index is -0.535. The van der Waals surface area contributed by atoms with E-state index in [0.29, 0.717) is 16.1 Å². The van der Waals surface area contributed by atoms with Gasteiger partial charge in [-0.15, -0.1) is 0 Å². The van der Waals surface area contributed by atoms with Crippen LogP contribution in [0.5, 0.6) is 0 Å². The molecule has 1 saturated heterocycles. The van der Waals surface area contributed by atoms with Crippen LogP contribution in [-0.2, 0) is 30.4 Å². The summed E-state index contributed by atoms with van der Waals surface area (Å²) in [6.45, 7) is 2.18. The second-order valence-corrected chi connectivity index (χ2v) is 7.02. The van der Waals surface area contributed by atoms with Gasteiger partial charge in [0.1, 0.15) is 6.61 Å². The van der Waals surface area contributed by atoms with Crippen molar-refractivity contribution in [1.29, 1.82) is 0 Å². The van der Waals surface area contributed by atoms with E-state index in [2.05, 4.69) is 0 Å². The maximum atomic E-state index is 12.0. The molecule has 154 valence electrons. The van der Waals surface area contributed by atoms with Crippen LogP contribution in [-0.4, -0.2) is 52.8 Å². The molecule has 1 fully saturated rings. The molecule has 1 aromatic heterocycles. The van der Waals surface area contributed by atoms with E-state index < -0.39 is 17.7 Å². The molecule has 1 aliphatic heterocycles. The summed E-state index contributed by atoms with van der Waals surface area (Å²) in [4.78, 5) is 48.9. The van der Waals surface area contributed by atoms with Gasteiger partial charge in [-0.25, -0.2) is 9.59 Å². The summed E-state index contributed by atoms with van der Waals surface area (Å²) in [6.07, 6.45) is 1.25. The molecule has 29 heavy (non-hydrogen) atoms. The van der Waals surface area contributed by atoms with Gasteiger partial charge in [0.2, 0.25) is 5.91 Å². The lowest BCUT2D eigenvalue weighted by atomic mass is 10.3. The van der Waals surface area contributed by atoms with Crippen LogP contribution < -0.4 is 5.76 Å². The molecule has 0 unspecified atom stereocenters. The van der Waals surface area contributed by atoms with E-state index >= 15 is 0 Å². The predicted octanol–water partition coefficient (Wildman–Crippen LogP) is 1.51. The molecule has 0 atom stereocenters. The lowest BCUT2D eigenvalue weighted by Gasteiger charge is -2.16. The third-order valence-corrected chi connectivity index (χ3v) is 5.16. The van der Waals surface area contributed by atoms with Crippen LogP contribution in [0.3, 0.4) is 0 Å². The first-order valence-corrected chi connectivity index (χ1v) is 10.0. The summed E-state index contributed by atoms with van der Waals surface area (Å²) in [5.74, 6) is -1.51. The van der Waals surface area contributed by atoms with Gasteiger partial charge in [-0.2, -0.15) is 0 Å². The first kappa shape index (κ1) is 20.7. The van der Waals surface area contributed by atoms with E-state index in [-0.39, 0.29) is 44.4 Å². The number of carbonyl (C=O) groups is 3. The zero-order chi connectivity index (χ0) is 20.8. The summed E-state index contributed by atoms with van der Waals surface area (Å²) in [7, 11) is 0. The zero-order valence-corrected chi connectivity index (χ0v) is 16.6. The van der Waals surface area contributed by atoms with Gasteiger partial charge in [0, 0.05) is 6.54 Å². The number of nitrogens with zero attached hydrogens (tertiary/aromatic N) is 2. The molecule has 10 heteroatoms. The van der Waals surface area contributed by atoms with Gasteiger partial charge >= 0.3 is 17.7 Å². The van der Waals surface area contributed by atoms with E-state index in [1.54, 1.807) is 31.2 Å².